The van der Waals surface area contributed by atoms with E-state index in [1.165, 1.54) is 5.56 Å². The third kappa shape index (κ3) is 3.18. The van der Waals surface area contributed by atoms with Crippen molar-refractivity contribution in [3.05, 3.63) is 35.5 Å². The van der Waals surface area contributed by atoms with E-state index in [1.807, 2.05) is 17.7 Å². The van der Waals surface area contributed by atoms with Gasteiger partial charge in [-0.15, -0.1) is 0 Å². The number of benzene rings is 1. The Morgan fingerprint density at radius 3 is 2.60 bits per heavy atom. The van der Waals surface area contributed by atoms with Crippen molar-refractivity contribution in [2.75, 3.05) is 13.1 Å². The molecule has 1 saturated carbocycles. The van der Waals surface area contributed by atoms with Crippen LogP contribution in [0.25, 0.3) is 10.9 Å². The van der Waals surface area contributed by atoms with Gasteiger partial charge >= 0.3 is 0 Å². The number of nitrogens with one attached hydrogen (secondary N) is 2. The van der Waals surface area contributed by atoms with Gasteiger partial charge in [0.1, 0.15) is 0 Å². The Balaban J connectivity index is 1.64. The van der Waals surface area contributed by atoms with Crippen LogP contribution in [0.1, 0.15) is 47.5 Å². The zero-order valence-electron chi connectivity index (χ0n) is 14.3. The van der Waals surface area contributed by atoms with Gasteiger partial charge in [0, 0.05) is 29.7 Å². The Hall–Kier alpha value is -1.86. The standard InChI is InChI=1S/C18H23N3O3S/c1-21-11-16(12-6-8-19-9-7-12)15-5-2-13(10-17(15)21)18(22)20-25(23,24)14-3-4-14/h2,5,10-12,14,19H,3-4,6-9H2,1H3,(H,20,22). The molecule has 0 spiro atoms. The molecular weight excluding hydrogens is 338 g/mol. The van der Waals surface area contributed by atoms with Crippen LogP contribution in [0.3, 0.4) is 0 Å². The Morgan fingerprint density at radius 2 is 1.92 bits per heavy atom. The molecule has 0 unspecified atom stereocenters. The van der Waals surface area contributed by atoms with Crippen LogP contribution in [0.5, 0.6) is 0 Å². The second-order valence-corrected chi connectivity index (χ2v) is 9.09. The fourth-order valence-electron chi connectivity index (χ4n) is 3.66. The van der Waals surface area contributed by atoms with Crippen molar-refractivity contribution < 1.29 is 13.2 Å². The number of carbonyl (C=O) groups is 1. The second kappa shape index (κ2) is 6.14. The first-order valence-electron chi connectivity index (χ1n) is 8.81. The summed E-state index contributed by atoms with van der Waals surface area (Å²) in [5.74, 6) is -0.0155. The molecule has 1 amide bonds. The van der Waals surface area contributed by atoms with E-state index in [2.05, 4.69) is 16.2 Å². The van der Waals surface area contributed by atoms with Gasteiger partial charge in [-0.3, -0.25) is 4.79 Å². The number of aryl methyl sites for hydroxylation is 1. The van der Waals surface area contributed by atoms with E-state index in [-0.39, 0.29) is 0 Å². The molecule has 1 saturated heterocycles. The lowest BCUT2D eigenvalue weighted by Gasteiger charge is -2.22. The second-order valence-electron chi connectivity index (χ2n) is 7.13. The van der Waals surface area contributed by atoms with Crippen LogP contribution in [0.15, 0.2) is 24.4 Å². The van der Waals surface area contributed by atoms with Crippen molar-refractivity contribution in [3.63, 3.8) is 0 Å². The lowest BCUT2D eigenvalue weighted by molar-refractivity contribution is 0.0981. The summed E-state index contributed by atoms with van der Waals surface area (Å²) in [4.78, 5) is 12.3. The fourth-order valence-corrected chi connectivity index (χ4v) is 4.96. The van der Waals surface area contributed by atoms with Gasteiger partial charge in [-0.25, -0.2) is 13.1 Å². The topological polar surface area (TPSA) is 80.2 Å². The van der Waals surface area contributed by atoms with Gasteiger partial charge < -0.3 is 9.88 Å². The normalized spacial score (nSPS) is 19.2. The van der Waals surface area contributed by atoms with Gasteiger partial charge in [-0.05, 0) is 62.4 Å². The molecule has 2 aliphatic rings. The molecule has 2 heterocycles. The molecule has 1 aromatic carbocycles. The molecule has 2 aromatic rings. The van der Waals surface area contributed by atoms with Crippen molar-refractivity contribution in [2.45, 2.75) is 36.9 Å². The highest BCUT2D eigenvalue weighted by Gasteiger charge is 2.37. The zero-order chi connectivity index (χ0) is 17.6. The average Bonchev–Trinajstić information content (AvgIpc) is 3.41. The summed E-state index contributed by atoms with van der Waals surface area (Å²) in [6.45, 7) is 2.06. The maximum absolute atomic E-state index is 12.3. The van der Waals surface area contributed by atoms with Crippen molar-refractivity contribution in [2.24, 2.45) is 7.05 Å². The van der Waals surface area contributed by atoms with Gasteiger partial charge in [0.2, 0.25) is 10.0 Å². The number of sulfonamides is 1. The number of hydrogen-bond acceptors (Lipinski definition) is 4. The molecule has 0 bridgehead atoms. The molecular formula is C18H23N3O3S. The largest absolute Gasteiger partial charge is 0.350 e. The molecule has 1 aromatic heterocycles. The van der Waals surface area contributed by atoms with Crippen LogP contribution >= 0.6 is 0 Å². The smallest absolute Gasteiger partial charge is 0.264 e. The van der Waals surface area contributed by atoms with E-state index < -0.39 is 21.2 Å². The van der Waals surface area contributed by atoms with E-state index in [0.717, 1.165) is 36.8 Å². The highest BCUT2D eigenvalue weighted by atomic mass is 32.2. The average molecular weight is 361 g/mol. The Labute approximate surface area is 147 Å². The number of carbonyl (C=O) groups excluding carboxylic acids is 1. The first kappa shape index (κ1) is 16.6. The van der Waals surface area contributed by atoms with E-state index >= 15 is 0 Å². The minimum absolute atomic E-state index is 0.384. The lowest BCUT2D eigenvalue weighted by Crippen LogP contribution is -2.33. The molecule has 4 rings (SSSR count). The van der Waals surface area contributed by atoms with Crippen LogP contribution in [-0.2, 0) is 17.1 Å². The van der Waals surface area contributed by atoms with Crippen molar-refractivity contribution in [1.29, 1.82) is 0 Å². The number of hydrogen-bond donors (Lipinski definition) is 2. The number of aromatic nitrogens is 1. The summed E-state index contributed by atoms with van der Waals surface area (Å²) in [6.07, 6.45) is 5.64. The van der Waals surface area contributed by atoms with E-state index in [1.54, 1.807) is 12.1 Å². The summed E-state index contributed by atoms with van der Waals surface area (Å²) >= 11 is 0. The lowest BCUT2D eigenvalue weighted by atomic mass is 9.90. The molecule has 0 atom stereocenters. The maximum Gasteiger partial charge on any atom is 0.264 e. The summed E-state index contributed by atoms with van der Waals surface area (Å²) in [7, 11) is -1.56. The molecule has 2 fully saturated rings. The van der Waals surface area contributed by atoms with E-state index in [9.17, 15) is 13.2 Å². The number of fused-ring (bicyclic) bond motifs is 1. The number of piperidine rings is 1. The van der Waals surface area contributed by atoms with Crippen LogP contribution in [0.2, 0.25) is 0 Å². The quantitative estimate of drug-likeness (QED) is 0.871. The maximum atomic E-state index is 12.3. The Bertz CT molecular complexity index is 922. The molecule has 2 N–H and O–H groups in total. The van der Waals surface area contributed by atoms with Gasteiger partial charge in [-0.1, -0.05) is 6.07 Å². The third-order valence-electron chi connectivity index (χ3n) is 5.26. The van der Waals surface area contributed by atoms with Crippen LogP contribution < -0.4 is 10.0 Å². The first-order valence-corrected chi connectivity index (χ1v) is 10.4. The summed E-state index contributed by atoms with van der Waals surface area (Å²) in [6, 6.07) is 5.47. The predicted molar refractivity (Wildman–Crippen MR) is 97.2 cm³/mol. The minimum Gasteiger partial charge on any atom is -0.350 e. The fraction of sp³-hybridized carbons (Fsp3) is 0.500. The van der Waals surface area contributed by atoms with E-state index in [4.69, 9.17) is 0 Å². The molecule has 1 aliphatic carbocycles. The zero-order valence-corrected chi connectivity index (χ0v) is 15.1. The highest BCUT2D eigenvalue weighted by Crippen LogP contribution is 2.33. The van der Waals surface area contributed by atoms with Crippen LogP contribution in [0.4, 0.5) is 0 Å². The van der Waals surface area contributed by atoms with Crippen molar-refractivity contribution >= 4 is 26.8 Å². The molecule has 1 aliphatic heterocycles. The predicted octanol–water partition coefficient (Wildman–Crippen LogP) is 1.87. The number of rotatable bonds is 4. The molecule has 6 nitrogen and oxygen atoms in total. The molecule has 25 heavy (non-hydrogen) atoms. The van der Waals surface area contributed by atoms with Gasteiger partial charge in [0.25, 0.3) is 5.91 Å². The molecule has 7 heteroatoms. The first-order chi connectivity index (χ1) is 12.0. The summed E-state index contributed by atoms with van der Waals surface area (Å²) in [5.41, 5.74) is 2.66. The van der Waals surface area contributed by atoms with E-state index in [0.29, 0.717) is 24.3 Å². The monoisotopic (exact) mass is 361 g/mol. The summed E-state index contributed by atoms with van der Waals surface area (Å²) < 4.78 is 28.2. The number of amides is 1. The Morgan fingerprint density at radius 1 is 1.20 bits per heavy atom. The van der Waals surface area contributed by atoms with Gasteiger partial charge in [0.05, 0.1) is 5.25 Å². The minimum atomic E-state index is -3.52. The summed E-state index contributed by atoms with van der Waals surface area (Å²) in [5, 5.41) is 4.13. The SMILES string of the molecule is Cn1cc(C2CCNCC2)c2ccc(C(=O)NS(=O)(=O)C3CC3)cc21. The molecule has 134 valence electrons. The molecule has 0 radical (unpaired) electrons. The van der Waals surface area contributed by atoms with Crippen LogP contribution in [0, 0.1) is 0 Å². The highest BCUT2D eigenvalue weighted by molar-refractivity contribution is 7.91. The van der Waals surface area contributed by atoms with Gasteiger partial charge in [-0.2, -0.15) is 0 Å². The third-order valence-corrected chi connectivity index (χ3v) is 7.08. The Kier molecular flexibility index (Phi) is 4.08. The van der Waals surface area contributed by atoms with Crippen molar-refractivity contribution in [1.82, 2.24) is 14.6 Å². The van der Waals surface area contributed by atoms with Crippen LogP contribution in [-0.4, -0.2) is 37.2 Å². The van der Waals surface area contributed by atoms with Crippen molar-refractivity contribution in [3.8, 4) is 0 Å². The van der Waals surface area contributed by atoms with Gasteiger partial charge in [0.15, 0.2) is 0 Å². The number of nitrogens with zero attached hydrogens (tertiary/aromatic N) is 1.